The van der Waals surface area contributed by atoms with Crippen molar-refractivity contribution in [3.63, 3.8) is 0 Å². The van der Waals surface area contributed by atoms with Gasteiger partial charge in [-0.15, -0.1) is 0 Å². The molecule has 2 aromatic carbocycles. The number of carboxylic acid groups (broad SMARTS) is 1. The van der Waals surface area contributed by atoms with E-state index < -0.39 is 12.1 Å². The molecule has 4 rings (SSSR count). The Kier molecular flexibility index (Phi) is 4.14. The van der Waals surface area contributed by atoms with Gasteiger partial charge in [0.15, 0.2) is 5.69 Å². The van der Waals surface area contributed by atoms with E-state index in [0.29, 0.717) is 5.00 Å². The highest BCUT2D eigenvalue weighted by Crippen LogP contribution is 2.44. The standard InChI is InChI=1S/C19H14N2O4S/c22-18(23)16-9-17(26-21-16)20-19(24)25-10-15-13-7-3-1-5-11(13)12-6-2-4-8-14(12)15/h1-9,15H,10H2,(H,20,24)(H,22,23). The fourth-order valence-corrected chi connectivity index (χ4v) is 3.79. The molecule has 26 heavy (non-hydrogen) atoms. The van der Waals surface area contributed by atoms with E-state index >= 15 is 0 Å². The van der Waals surface area contributed by atoms with Gasteiger partial charge < -0.3 is 9.84 Å². The first kappa shape index (κ1) is 16.3. The Bertz CT molecular complexity index is 953. The number of amides is 1. The number of ether oxygens (including phenoxy) is 1. The first-order valence-electron chi connectivity index (χ1n) is 7.95. The van der Waals surface area contributed by atoms with Crippen LogP contribution in [-0.2, 0) is 4.74 Å². The molecule has 0 unspecified atom stereocenters. The van der Waals surface area contributed by atoms with Crippen molar-refractivity contribution in [2.45, 2.75) is 5.92 Å². The first-order valence-corrected chi connectivity index (χ1v) is 8.73. The normalized spacial score (nSPS) is 12.3. The number of carbonyl (C=O) groups is 2. The van der Waals surface area contributed by atoms with Crippen molar-refractivity contribution in [1.29, 1.82) is 0 Å². The van der Waals surface area contributed by atoms with Gasteiger partial charge in [0.1, 0.15) is 11.6 Å². The topological polar surface area (TPSA) is 88.5 Å². The number of hydrogen-bond acceptors (Lipinski definition) is 5. The Labute approximate surface area is 153 Å². The number of fused-ring (bicyclic) bond motifs is 3. The van der Waals surface area contributed by atoms with Crippen LogP contribution in [0.2, 0.25) is 0 Å². The van der Waals surface area contributed by atoms with E-state index in [1.165, 1.54) is 6.07 Å². The Hall–Kier alpha value is -3.19. The summed E-state index contributed by atoms with van der Waals surface area (Å²) < 4.78 is 9.13. The molecule has 0 atom stereocenters. The van der Waals surface area contributed by atoms with Crippen LogP contribution in [0.3, 0.4) is 0 Å². The van der Waals surface area contributed by atoms with Crippen molar-refractivity contribution >= 4 is 28.6 Å². The fourth-order valence-electron chi connectivity index (χ4n) is 3.17. The number of hydrogen-bond donors (Lipinski definition) is 2. The zero-order valence-electron chi connectivity index (χ0n) is 13.5. The fraction of sp³-hybridized carbons (Fsp3) is 0.105. The third-order valence-electron chi connectivity index (χ3n) is 4.30. The van der Waals surface area contributed by atoms with Crippen LogP contribution >= 0.6 is 11.5 Å². The third-order valence-corrected chi connectivity index (χ3v) is 5.00. The molecule has 6 nitrogen and oxygen atoms in total. The van der Waals surface area contributed by atoms with Crippen LogP contribution < -0.4 is 5.32 Å². The van der Waals surface area contributed by atoms with Crippen LogP contribution in [0.15, 0.2) is 54.6 Å². The second-order valence-corrected chi connectivity index (χ2v) is 6.64. The number of rotatable bonds is 4. The van der Waals surface area contributed by atoms with Crippen molar-refractivity contribution in [2.24, 2.45) is 0 Å². The van der Waals surface area contributed by atoms with Crippen LogP contribution in [0, 0.1) is 0 Å². The zero-order valence-corrected chi connectivity index (χ0v) is 14.3. The third kappa shape index (κ3) is 2.93. The summed E-state index contributed by atoms with van der Waals surface area (Å²) in [5, 5.41) is 11.7. The Morgan fingerprint density at radius 2 is 1.69 bits per heavy atom. The van der Waals surface area contributed by atoms with E-state index in [4.69, 9.17) is 9.84 Å². The molecular weight excluding hydrogens is 352 g/mol. The van der Waals surface area contributed by atoms with Crippen LogP contribution in [0.5, 0.6) is 0 Å². The van der Waals surface area contributed by atoms with Crippen molar-refractivity contribution < 1.29 is 19.4 Å². The van der Waals surface area contributed by atoms with Gasteiger partial charge in [0.05, 0.1) is 0 Å². The molecule has 0 saturated carbocycles. The van der Waals surface area contributed by atoms with Gasteiger partial charge in [-0.1, -0.05) is 48.5 Å². The number of nitrogens with zero attached hydrogens (tertiary/aromatic N) is 1. The molecule has 130 valence electrons. The number of benzene rings is 2. The van der Waals surface area contributed by atoms with Gasteiger partial charge in [-0.3, -0.25) is 5.32 Å². The summed E-state index contributed by atoms with van der Waals surface area (Å²) >= 11 is 0.899. The van der Waals surface area contributed by atoms with Crippen LogP contribution in [0.4, 0.5) is 9.80 Å². The molecule has 3 aromatic rings. The smallest absolute Gasteiger partial charge is 0.412 e. The maximum Gasteiger partial charge on any atom is 0.412 e. The minimum atomic E-state index is -1.14. The average Bonchev–Trinajstić information content (AvgIpc) is 3.23. The maximum atomic E-state index is 12.1. The minimum Gasteiger partial charge on any atom is -0.476 e. The molecule has 0 radical (unpaired) electrons. The summed E-state index contributed by atoms with van der Waals surface area (Å²) in [5.41, 5.74) is 4.47. The second-order valence-electron chi connectivity index (χ2n) is 5.83. The second kappa shape index (κ2) is 6.61. The summed E-state index contributed by atoms with van der Waals surface area (Å²) in [6.45, 7) is 0.199. The lowest BCUT2D eigenvalue weighted by atomic mass is 9.98. The van der Waals surface area contributed by atoms with E-state index in [-0.39, 0.29) is 18.2 Å². The highest BCUT2D eigenvalue weighted by atomic mass is 32.1. The van der Waals surface area contributed by atoms with Gasteiger partial charge in [-0.25, -0.2) is 9.59 Å². The molecule has 7 heteroatoms. The quantitative estimate of drug-likeness (QED) is 0.722. The molecule has 1 aliphatic rings. The molecule has 0 spiro atoms. The highest BCUT2D eigenvalue weighted by Gasteiger charge is 2.29. The lowest BCUT2D eigenvalue weighted by molar-refractivity contribution is 0.0691. The van der Waals surface area contributed by atoms with E-state index in [1.54, 1.807) is 0 Å². The van der Waals surface area contributed by atoms with E-state index in [9.17, 15) is 9.59 Å². The van der Waals surface area contributed by atoms with E-state index in [1.807, 2.05) is 36.4 Å². The maximum absolute atomic E-state index is 12.1. The Morgan fingerprint density at radius 3 is 2.27 bits per heavy atom. The minimum absolute atomic E-state index is 0.0239. The molecule has 1 amide bonds. The number of aromatic nitrogens is 1. The van der Waals surface area contributed by atoms with Gasteiger partial charge in [0.2, 0.25) is 0 Å². The lowest BCUT2D eigenvalue weighted by Gasteiger charge is -2.14. The van der Waals surface area contributed by atoms with E-state index in [0.717, 1.165) is 33.8 Å². The van der Waals surface area contributed by atoms with Crippen molar-refractivity contribution in [1.82, 2.24) is 4.37 Å². The van der Waals surface area contributed by atoms with Gasteiger partial charge in [0.25, 0.3) is 0 Å². The molecule has 1 aliphatic carbocycles. The highest BCUT2D eigenvalue weighted by molar-refractivity contribution is 7.10. The predicted molar refractivity (Wildman–Crippen MR) is 97.8 cm³/mol. The van der Waals surface area contributed by atoms with Crippen molar-refractivity contribution in [2.75, 3.05) is 11.9 Å². The zero-order chi connectivity index (χ0) is 18.1. The molecule has 1 aromatic heterocycles. The van der Waals surface area contributed by atoms with Gasteiger partial charge in [0, 0.05) is 12.0 Å². The monoisotopic (exact) mass is 366 g/mol. The molecule has 0 aliphatic heterocycles. The number of anilines is 1. The van der Waals surface area contributed by atoms with Crippen molar-refractivity contribution in [3.8, 4) is 11.1 Å². The summed E-state index contributed by atoms with van der Waals surface area (Å²) in [5.74, 6) is -1.16. The largest absolute Gasteiger partial charge is 0.476 e. The summed E-state index contributed by atoms with van der Waals surface area (Å²) in [6, 6.07) is 17.5. The van der Waals surface area contributed by atoms with Gasteiger partial charge in [-0.2, -0.15) is 4.37 Å². The molecule has 0 fully saturated rings. The lowest BCUT2D eigenvalue weighted by Crippen LogP contribution is -2.17. The van der Waals surface area contributed by atoms with E-state index in [2.05, 4.69) is 21.8 Å². The average molecular weight is 366 g/mol. The van der Waals surface area contributed by atoms with Crippen LogP contribution in [0.25, 0.3) is 11.1 Å². The summed E-state index contributed by atoms with van der Waals surface area (Å²) in [6.07, 6.45) is -0.632. The van der Waals surface area contributed by atoms with Crippen LogP contribution in [0.1, 0.15) is 27.5 Å². The van der Waals surface area contributed by atoms with Crippen molar-refractivity contribution in [3.05, 3.63) is 71.4 Å². The van der Waals surface area contributed by atoms with Gasteiger partial charge >= 0.3 is 12.1 Å². The summed E-state index contributed by atoms with van der Waals surface area (Å²) in [7, 11) is 0. The Balaban J connectivity index is 1.47. The number of aromatic carboxylic acids is 1. The summed E-state index contributed by atoms with van der Waals surface area (Å²) in [4.78, 5) is 22.9. The number of carbonyl (C=O) groups excluding carboxylic acids is 1. The molecule has 0 bridgehead atoms. The molecule has 0 saturated heterocycles. The number of nitrogens with one attached hydrogen (secondary N) is 1. The predicted octanol–water partition coefficient (Wildman–Crippen LogP) is 4.20. The number of carboxylic acids is 1. The van der Waals surface area contributed by atoms with Crippen LogP contribution in [-0.4, -0.2) is 28.1 Å². The SMILES string of the molecule is O=C(Nc1cc(C(=O)O)ns1)OCC1c2ccccc2-c2ccccc21. The first-order chi connectivity index (χ1) is 12.6. The Morgan fingerprint density at radius 1 is 1.08 bits per heavy atom. The van der Waals surface area contributed by atoms with Gasteiger partial charge in [-0.05, 0) is 33.8 Å². The molecule has 1 heterocycles. The molecule has 2 N–H and O–H groups in total. The molecular formula is C19H14N2O4S.